The fourth-order valence-electron chi connectivity index (χ4n) is 3.36. The molecule has 1 heterocycles. The summed E-state index contributed by atoms with van der Waals surface area (Å²) in [5.41, 5.74) is 3.47. The predicted octanol–water partition coefficient (Wildman–Crippen LogP) is 7.43. The molecule has 0 amide bonds. The normalized spacial score (nSPS) is 12.8. The van der Waals surface area contributed by atoms with Crippen molar-refractivity contribution in [3.05, 3.63) is 90.0 Å². The summed E-state index contributed by atoms with van der Waals surface area (Å²) < 4.78 is 0. The number of hydrogen-bond donors (Lipinski definition) is 0. The molecule has 4 aromatic rings. The second kappa shape index (κ2) is 5.83. The first-order valence-corrected chi connectivity index (χ1v) is 9.35. The molecule has 0 unspecified atom stereocenters. The molecule has 0 saturated carbocycles. The molecule has 25 heavy (non-hydrogen) atoms. The molecule has 0 fully saturated rings. The molecule has 1 aliphatic heterocycles. The Morgan fingerprint density at radius 3 is 2.40 bits per heavy atom. The topological polar surface area (TPSA) is 3.24 Å². The Balaban J connectivity index is 1.84. The maximum Gasteiger partial charge on any atom is 0.0616 e. The third-order valence-electron chi connectivity index (χ3n) is 4.49. The summed E-state index contributed by atoms with van der Waals surface area (Å²) in [6.45, 7) is 0. The highest BCUT2D eigenvalue weighted by Gasteiger charge is 2.26. The average Bonchev–Trinajstić information content (AvgIpc) is 2.67. The zero-order valence-corrected chi connectivity index (χ0v) is 14.9. The van der Waals surface area contributed by atoms with Crippen LogP contribution in [0.4, 0.5) is 17.1 Å². The lowest BCUT2D eigenvalue weighted by Crippen LogP contribution is -2.14. The van der Waals surface area contributed by atoms with Gasteiger partial charge < -0.3 is 4.90 Å². The smallest absolute Gasteiger partial charge is 0.0616 e. The van der Waals surface area contributed by atoms with E-state index in [0.29, 0.717) is 0 Å². The lowest BCUT2D eigenvalue weighted by Gasteiger charge is -2.33. The van der Waals surface area contributed by atoms with Gasteiger partial charge in [-0.25, -0.2) is 0 Å². The van der Waals surface area contributed by atoms with Gasteiger partial charge in [0.1, 0.15) is 0 Å². The maximum atomic E-state index is 6.32. The molecule has 0 spiro atoms. The highest BCUT2D eigenvalue weighted by Crippen LogP contribution is 2.53. The van der Waals surface area contributed by atoms with Crippen LogP contribution in [-0.4, -0.2) is 0 Å². The molecule has 0 atom stereocenters. The first kappa shape index (κ1) is 14.9. The van der Waals surface area contributed by atoms with E-state index in [2.05, 4.69) is 77.7 Å². The Morgan fingerprint density at radius 1 is 0.720 bits per heavy atom. The van der Waals surface area contributed by atoms with Crippen molar-refractivity contribution in [2.75, 3.05) is 4.90 Å². The summed E-state index contributed by atoms with van der Waals surface area (Å²) in [4.78, 5) is 4.81. The monoisotopic (exact) mass is 359 g/mol. The summed E-state index contributed by atoms with van der Waals surface area (Å²) in [6, 6.07) is 29.6. The summed E-state index contributed by atoms with van der Waals surface area (Å²) in [5.74, 6) is 0. The van der Waals surface area contributed by atoms with Gasteiger partial charge in [-0.15, -0.1) is 0 Å². The third kappa shape index (κ3) is 2.41. The van der Waals surface area contributed by atoms with Crippen molar-refractivity contribution in [2.24, 2.45) is 0 Å². The fraction of sp³-hybridized carbons (Fsp3) is 0. The van der Waals surface area contributed by atoms with Crippen LogP contribution in [0.1, 0.15) is 0 Å². The van der Waals surface area contributed by atoms with Crippen molar-refractivity contribution in [1.82, 2.24) is 0 Å². The van der Waals surface area contributed by atoms with Crippen LogP contribution in [-0.2, 0) is 0 Å². The van der Waals surface area contributed by atoms with Crippen molar-refractivity contribution in [1.29, 1.82) is 0 Å². The van der Waals surface area contributed by atoms with E-state index in [1.165, 1.54) is 26.3 Å². The summed E-state index contributed by atoms with van der Waals surface area (Å²) >= 11 is 8.13. The number of hydrogen-bond acceptors (Lipinski definition) is 2. The van der Waals surface area contributed by atoms with E-state index in [-0.39, 0.29) is 0 Å². The van der Waals surface area contributed by atoms with Gasteiger partial charge in [-0.3, -0.25) is 0 Å². The van der Waals surface area contributed by atoms with Crippen molar-refractivity contribution >= 4 is 51.2 Å². The van der Waals surface area contributed by atoms with Gasteiger partial charge in [0.05, 0.1) is 11.4 Å². The minimum Gasteiger partial charge on any atom is -0.308 e. The second-order valence-corrected chi connectivity index (χ2v) is 7.51. The fourth-order valence-corrected chi connectivity index (χ4v) is 4.70. The predicted molar refractivity (Wildman–Crippen MR) is 108 cm³/mol. The van der Waals surface area contributed by atoms with Crippen LogP contribution in [0.5, 0.6) is 0 Å². The largest absolute Gasteiger partial charge is 0.308 e. The SMILES string of the molecule is Clc1ccc2c(c1)N(c1ccccc1)c1ccc3ccccc3c1S2. The van der Waals surface area contributed by atoms with Gasteiger partial charge in [0.2, 0.25) is 0 Å². The number of fused-ring (bicyclic) bond motifs is 4. The summed E-state index contributed by atoms with van der Waals surface area (Å²) in [7, 11) is 0. The molecule has 1 nitrogen and oxygen atoms in total. The molecular formula is C22H14ClNS. The standard InChI is InChI=1S/C22H14ClNS/c23-16-11-13-21-20(14-16)24(17-7-2-1-3-8-17)19-12-10-15-6-4-5-9-18(15)22(19)25-21/h1-14H. The Morgan fingerprint density at radius 2 is 1.52 bits per heavy atom. The van der Waals surface area contributed by atoms with Gasteiger partial charge in [0, 0.05) is 20.5 Å². The number of halogens is 1. The Bertz CT molecular complexity index is 1090. The lowest BCUT2D eigenvalue weighted by atomic mass is 10.1. The van der Waals surface area contributed by atoms with E-state index < -0.39 is 0 Å². The molecule has 4 aromatic carbocycles. The first-order chi connectivity index (χ1) is 12.3. The molecule has 0 radical (unpaired) electrons. The maximum absolute atomic E-state index is 6.32. The molecule has 0 N–H and O–H groups in total. The minimum absolute atomic E-state index is 0.754. The van der Waals surface area contributed by atoms with Gasteiger partial charge in [0.25, 0.3) is 0 Å². The number of nitrogens with zero attached hydrogens (tertiary/aromatic N) is 1. The molecule has 5 rings (SSSR count). The lowest BCUT2D eigenvalue weighted by molar-refractivity contribution is 1.18. The van der Waals surface area contributed by atoms with E-state index in [1.54, 1.807) is 0 Å². The van der Waals surface area contributed by atoms with Gasteiger partial charge in [-0.2, -0.15) is 0 Å². The second-order valence-electron chi connectivity index (χ2n) is 6.02. The molecule has 0 saturated heterocycles. The molecule has 3 heteroatoms. The van der Waals surface area contributed by atoms with E-state index >= 15 is 0 Å². The van der Waals surface area contributed by atoms with Crippen LogP contribution in [0.3, 0.4) is 0 Å². The minimum atomic E-state index is 0.754. The van der Waals surface area contributed by atoms with E-state index in [9.17, 15) is 0 Å². The highest BCUT2D eigenvalue weighted by atomic mass is 35.5. The molecule has 120 valence electrons. The summed E-state index contributed by atoms with van der Waals surface area (Å²) in [5, 5.41) is 3.30. The van der Waals surface area contributed by atoms with Gasteiger partial charge >= 0.3 is 0 Å². The zero-order chi connectivity index (χ0) is 16.8. The third-order valence-corrected chi connectivity index (χ3v) is 5.92. The quantitative estimate of drug-likeness (QED) is 0.306. The number of anilines is 3. The van der Waals surface area contributed by atoms with E-state index in [1.807, 2.05) is 23.9 Å². The van der Waals surface area contributed by atoms with E-state index in [0.717, 1.165) is 16.4 Å². The molecule has 0 aliphatic carbocycles. The van der Waals surface area contributed by atoms with Crippen LogP contribution >= 0.6 is 23.4 Å². The van der Waals surface area contributed by atoms with Gasteiger partial charge in [0.15, 0.2) is 0 Å². The number of para-hydroxylation sites is 1. The van der Waals surface area contributed by atoms with Crippen LogP contribution in [0.25, 0.3) is 10.8 Å². The number of benzene rings is 4. The Kier molecular flexibility index (Phi) is 3.47. The van der Waals surface area contributed by atoms with Crippen LogP contribution < -0.4 is 4.90 Å². The first-order valence-electron chi connectivity index (χ1n) is 8.15. The molecule has 1 aliphatic rings. The molecule has 0 aromatic heterocycles. The van der Waals surface area contributed by atoms with Crippen molar-refractivity contribution < 1.29 is 0 Å². The van der Waals surface area contributed by atoms with Crippen molar-refractivity contribution in [2.45, 2.75) is 9.79 Å². The van der Waals surface area contributed by atoms with Gasteiger partial charge in [-0.05, 0) is 47.2 Å². The summed E-state index contributed by atoms with van der Waals surface area (Å²) in [6.07, 6.45) is 0. The number of rotatable bonds is 1. The van der Waals surface area contributed by atoms with Crippen LogP contribution in [0, 0.1) is 0 Å². The van der Waals surface area contributed by atoms with Crippen LogP contribution in [0.15, 0.2) is 94.7 Å². The highest BCUT2D eigenvalue weighted by molar-refractivity contribution is 8.00. The van der Waals surface area contributed by atoms with Crippen molar-refractivity contribution in [3.8, 4) is 0 Å². The Hall–Kier alpha value is -2.42. The molecule has 0 bridgehead atoms. The Labute approximate surface area is 155 Å². The van der Waals surface area contributed by atoms with Crippen molar-refractivity contribution in [3.63, 3.8) is 0 Å². The van der Waals surface area contributed by atoms with Crippen LogP contribution in [0.2, 0.25) is 5.02 Å². The average molecular weight is 360 g/mol. The van der Waals surface area contributed by atoms with Gasteiger partial charge in [-0.1, -0.05) is 71.9 Å². The van der Waals surface area contributed by atoms with E-state index in [4.69, 9.17) is 11.6 Å². The molecular weight excluding hydrogens is 346 g/mol. The zero-order valence-electron chi connectivity index (χ0n) is 13.3.